The Balaban J connectivity index is 3.63. The van der Waals surface area contributed by atoms with Crippen molar-refractivity contribution in [2.24, 2.45) is 5.92 Å². The van der Waals surface area contributed by atoms with Crippen LogP contribution in [0.15, 0.2) is 0 Å². The highest BCUT2D eigenvalue weighted by molar-refractivity contribution is 5.68. The van der Waals surface area contributed by atoms with Gasteiger partial charge in [0.1, 0.15) is 6.29 Å². The molecular formula is C9H14O5. The van der Waals surface area contributed by atoms with E-state index in [9.17, 15) is 14.4 Å². The summed E-state index contributed by atoms with van der Waals surface area (Å²) in [5.74, 6) is -2.16. The van der Waals surface area contributed by atoms with Crippen molar-refractivity contribution < 1.29 is 24.6 Å². The van der Waals surface area contributed by atoms with Gasteiger partial charge in [-0.15, -0.1) is 0 Å². The summed E-state index contributed by atoms with van der Waals surface area (Å²) in [6.45, 7) is 0. The molecule has 0 aromatic rings. The zero-order chi connectivity index (χ0) is 11.0. The van der Waals surface area contributed by atoms with E-state index in [1.54, 1.807) is 0 Å². The first-order valence-electron chi connectivity index (χ1n) is 4.45. The summed E-state index contributed by atoms with van der Waals surface area (Å²) in [6.07, 6.45) is 1.83. The molecule has 5 heteroatoms. The van der Waals surface area contributed by atoms with Crippen molar-refractivity contribution in [3.63, 3.8) is 0 Å². The number of carbonyl (C=O) groups is 3. The highest BCUT2D eigenvalue weighted by atomic mass is 16.4. The molecule has 0 aliphatic carbocycles. The van der Waals surface area contributed by atoms with Crippen LogP contribution in [0.5, 0.6) is 0 Å². The smallest absolute Gasteiger partial charge is 0.303 e. The van der Waals surface area contributed by atoms with E-state index in [-0.39, 0.29) is 18.8 Å². The van der Waals surface area contributed by atoms with Crippen molar-refractivity contribution in [2.75, 3.05) is 0 Å². The first-order chi connectivity index (χ1) is 6.56. The van der Waals surface area contributed by atoms with Crippen LogP contribution >= 0.6 is 0 Å². The van der Waals surface area contributed by atoms with Gasteiger partial charge in [0.25, 0.3) is 0 Å². The molecule has 80 valence electrons. The fraction of sp³-hybridized carbons (Fsp3) is 0.667. The van der Waals surface area contributed by atoms with Crippen LogP contribution in [0.25, 0.3) is 0 Å². The summed E-state index contributed by atoms with van der Waals surface area (Å²) in [6, 6.07) is 0. The van der Waals surface area contributed by atoms with Gasteiger partial charge in [-0.05, 0) is 19.3 Å². The summed E-state index contributed by atoms with van der Waals surface area (Å²) in [5.41, 5.74) is 0. The SMILES string of the molecule is O=CC(CCCC(=O)O)CCC(=O)O. The van der Waals surface area contributed by atoms with Gasteiger partial charge in [0.15, 0.2) is 0 Å². The Kier molecular flexibility index (Phi) is 6.36. The van der Waals surface area contributed by atoms with Gasteiger partial charge in [-0.3, -0.25) is 9.59 Å². The minimum Gasteiger partial charge on any atom is -0.481 e. The van der Waals surface area contributed by atoms with Crippen LogP contribution in [0.1, 0.15) is 32.1 Å². The molecule has 0 heterocycles. The lowest BCUT2D eigenvalue weighted by molar-refractivity contribution is -0.138. The van der Waals surface area contributed by atoms with Crippen molar-refractivity contribution in [3.8, 4) is 0 Å². The minimum atomic E-state index is -0.935. The molecule has 0 saturated heterocycles. The Bertz CT molecular complexity index is 211. The van der Waals surface area contributed by atoms with Gasteiger partial charge in [-0.1, -0.05) is 0 Å². The Morgan fingerprint density at radius 1 is 1.07 bits per heavy atom. The second-order valence-corrected chi connectivity index (χ2v) is 3.11. The third-order valence-corrected chi connectivity index (χ3v) is 1.89. The van der Waals surface area contributed by atoms with E-state index in [1.807, 2.05) is 0 Å². The Labute approximate surface area is 81.7 Å². The number of aldehydes is 1. The van der Waals surface area contributed by atoms with E-state index in [0.717, 1.165) is 0 Å². The maximum absolute atomic E-state index is 10.5. The van der Waals surface area contributed by atoms with Gasteiger partial charge in [0, 0.05) is 18.8 Å². The van der Waals surface area contributed by atoms with Gasteiger partial charge >= 0.3 is 11.9 Å². The zero-order valence-electron chi connectivity index (χ0n) is 7.81. The predicted octanol–water partition coefficient (Wildman–Crippen LogP) is 0.921. The maximum Gasteiger partial charge on any atom is 0.303 e. The third kappa shape index (κ3) is 7.27. The van der Waals surface area contributed by atoms with Crippen molar-refractivity contribution in [2.45, 2.75) is 32.1 Å². The number of hydrogen-bond donors (Lipinski definition) is 2. The van der Waals surface area contributed by atoms with Crippen molar-refractivity contribution in [1.29, 1.82) is 0 Å². The first kappa shape index (κ1) is 12.6. The third-order valence-electron chi connectivity index (χ3n) is 1.89. The lowest BCUT2D eigenvalue weighted by atomic mass is 9.98. The highest BCUT2D eigenvalue weighted by Crippen LogP contribution is 2.12. The molecule has 0 rings (SSSR count). The van der Waals surface area contributed by atoms with Gasteiger partial charge in [0.05, 0.1) is 0 Å². The number of rotatable bonds is 8. The molecule has 0 saturated carbocycles. The standard InChI is InChI=1S/C9H14O5/c10-6-7(4-5-9(13)14)2-1-3-8(11)12/h6-7H,1-5H2,(H,11,12)(H,13,14). The minimum absolute atomic E-state index is 0.0252. The lowest BCUT2D eigenvalue weighted by Crippen LogP contribution is -2.07. The second-order valence-electron chi connectivity index (χ2n) is 3.11. The normalized spacial score (nSPS) is 12.0. The Morgan fingerprint density at radius 2 is 1.64 bits per heavy atom. The fourth-order valence-electron chi connectivity index (χ4n) is 1.10. The molecule has 1 atom stereocenters. The quantitative estimate of drug-likeness (QED) is 0.571. The van der Waals surface area contributed by atoms with Gasteiger partial charge in [-0.25, -0.2) is 0 Å². The largest absolute Gasteiger partial charge is 0.481 e. The molecule has 2 N–H and O–H groups in total. The van der Waals surface area contributed by atoms with Crippen LogP contribution in [0.2, 0.25) is 0 Å². The van der Waals surface area contributed by atoms with Gasteiger partial charge < -0.3 is 15.0 Å². The van der Waals surface area contributed by atoms with Crippen LogP contribution in [0, 0.1) is 5.92 Å². The molecule has 0 amide bonds. The summed E-state index contributed by atoms with van der Waals surface area (Å²) in [4.78, 5) is 30.8. The van der Waals surface area contributed by atoms with E-state index < -0.39 is 11.9 Å². The average Bonchev–Trinajstić information content (AvgIpc) is 2.10. The topological polar surface area (TPSA) is 91.7 Å². The molecule has 0 fully saturated rings. The summed E-state index contributed by atoms with van der Waals surface area (Å²) in [7, 11) is 0. The Morgan fingerprint density at radius 3 is 2.07 bits per heavy atom. The summed E-state index contributed by atoms with van der Waals surface area (Å²) >= 11 is 0. The van der Waals surface area contributed by atoms with Crippen LogP contribution in [-0.2, 0) is 14.4 Å². The molecule has 0 aromatic carbocycles. The molecule has 1 unspecified atom stereocenters. The van der Waals surface area contributed by atoms with E-state index in [1.165, 1.54) is 0 Å². The number of aliphatic carboxylic acids is 2. The van der Waals surface area contributed by atoms with Gasteiger partial charge in [0.2, 0.25) is 0 Å². The van der Waals surface area contributed by atoms with Crippen LogP contribution in [-0.4, -0.2) is 28.4 Å². The monoisotopic (exact) mass is 202 g/mol. The predicted molar refractivity (Wildman–Crippen MR) is 47.9 cm³/mol. The highest BCUT2D eigenvalue weighted by Gasteiger charge is 2.10. The molecule has 0 radical (unpaired) electrons. The molecule has 0 spiro atoms. The second kappa shape index (κ2) is 7.06. The van der Waals surface area contributed by atoms with E-state index in [0.29, 0.717) is 25.5 Å². The number of carboxylic acid groups (broad SMARTS) is 2. The van der Waals surface area contributed by atoms with Crippen molar-refractivity contribution in [1.82, 2.24) is 0 Å². The molecule has 0 aromatic heterocycles. The summed E-state index contributed by atoms with van der Waals surface area (Å²) < 4.78 is 0. The molecule has 0 bridgehead atoms. The molecule has 0 aliphatic heterocycles. The number of carbonyl (C=O) groups excluding carboxylic acids is 1. The van der Waals surface area contributed by atoms with Crippen LogP contribution in [0.3, 0.4) is 0 Å². The van der Waals surface area contributed by atoms with E-state index in [2.05, 4.69) is 0 Å². The zero-order valence-corrected chi connectivity index (χ0v) is 7.81. The maximum atomic E-state index is 10.5. The lowest BCUT2D eigenvalue weighted by Gasteiger charge is -2.06. The Hall–Kier alpha value is -1.39. The average molecular weight is 202 g/mol. The van der Waals surface area contributed by atoms with Gasteiger partial charge in [-0.2, -0.15) is 0 Å². The van der Waals surface area contributed by atoms with E-state index in [4.69, 9.17) is 10.2 Å². The molecular weight excluding hydrogens is 188 g/mol. The van der Waals surface area contributed by atoms with Crippen LogP contribution in [0.4, 0.5) is 0 Å². The molecule has 0 aliphatic rings. The molecule has 5 nitrogen and oxygen atoms in total. The van der Waals surface area contributed by atoms with E-state index >= 15 is 0 Å². The van der Waals surface area contributed by atoms with Crippen molar-refractivity contribution >= 4 is 18.2 Å². The first-order valence-corrected chi connectivity index (χ1v) is 4.45. The summed E-state index contributed by atoms with van der Waals surface area (Å²) in [5, 5.41) is 16.7. The van der Waals surface area contributed by atoms with Crippen molar-refractivity contribution in [3.05, 3.63) is 0 Å². The number of carboxylic acids is 2. The number of hydrogen-bond acceptors (Lipinski definition) is 3. The molecule has 14 heavy (non-hydrogen) atoms. The van der Waals surface area contributed by atoms with Crippen LogP contribution < -0.4 is 0 Å². The fourth-order valence-corrected chi connectivity index (χ4v) is 1.10.